The molecule has 1 aromatic carbocycles. The van der Waals surface area contributed by atoms with Gasteiger partial charge in [0.2, 0.25) is 17.6 Å². The summed E-state index contributed by atoms with van der Waals surface area (Å²) in [5.41, 5.74) is 2.31. The van der Waals surface area contributed by atoms with E-state index < -0.39 is 11.4 Å². The molecule has 1 saturated carbocycles. The summed E-state index contributed by atoms with van der Waals surface area (Å²) in [5.74, 6) is 1.73. The lowest BCUT2D eigenvalue weighted by Crippen LogP contribution is -2.58. The molecule has 1 N–H and O–H groups in total. The first-order valence-corrected chi connectivity index (χ1v) is 14.6. The van der Waals surface area contributed by atoms with Crippen molar-refractivity contribution in [3.8, 4) is 22.9 Å². The molecule has 1 aliphatic heterocycles. The average molecular weight is 582 g/mol. The summed E-state index contributed by atoms with van der Waals surface area (Å²) in [6, 6.07) is 7.50. The number of nitrogens with one attached hydrogen (secondary N) is 1. The topological polar surface area (TPSA) is 124 Å². The molecule has 0 spiro atoms. The summed E-state index contributed by atoms with van der Waals surface area (Å²) in [7, 11) is 1.73. The van der Waals surface area contributed by atoms with Crippen molar-refractivity contribution in [3.63, 3.8) is 0 Å². The largest absolute Gasteiger partial charge is 0.439 e. The number of aromatic nitrogens is 6. The maximum absolute atomic E-state index is 11.8. The standard InChI is InChI=1S/C29H36ClN7O4/c1-17-8-10-18(11-9-17)15-37-23-22(19-6-5-7-20(30)14-19)31-25(26-34-28(38)41-35-26)32-24(23)33-27(37)36-12-13-40-16-21(36)29(2,3)39-4/h5-7,14,17-18,21H,8-13,15-16H2,1-4H3,(H,34,35,38)/t17?,18?,21-/m0/s1. The second-order valence-corrected chi connectivity index (χ2v) is 12.2. The zero-order chi connectivity index (χ0) is 28.7. The predicted molar refractivity (Wildman–Crippen MR) is 156 cm³/mol. The van der Waals surface area contributed by atoms with Gasteiger partial charge in [0.1, 0.15) is 11.2 Å². The van der Waals surface area contributed by atoms with Crippen LogP contribution < -0.4 is 10.7 Å². The molecule has 0 amide bonds. The highest BCUT2D eigenvalue weighted by Gasteiger charge is 2.40. The normalized spacial score (nSPS) is 22.0. The number of benzene rings is 1. The van der Waals surface area contributed by atoms with E-state index in [1.54, 1.807) is 7.11 Å². The lowest BCUT2D eigenvalue weighted by atomic mass is 9.83. The van der Waals surface area contributed by atoms with Crippen molar-refractivity contribution >= 4 is 28.7 Å². The molecule has 12 heteroatoms. The molecular weight excluding hydrogens is 546 g/mol. The highest BCUT2D eigenvalue weighted by molar-refractivity contribution is 6.30. The number of anilines is 1. The van der Waals surface area contributed by atoms with Crippen molar-refractivity contribution in [3.05, 3.63) is 39.8 Å². The van der Waals surface area contributed by atoms with Crippen LogP contribution in [0.1, 0.15) is 46.5 Å². The van der Waals surface area contributed by atoms with Crippen LogP contribution >= 0.6 is 11.6 Å². The third-order valence-electron chi connectivity index (χ3n) is 8.62. The predicted octanol–water partition coefficient (Wildman–Crippen LogP) is 4.95. The molecule has 4 heterocycles. The Labute approximate surface area is 243 Å². The Hall–Kier alpha value is -3.28. The zero-order valence-corrected chi connectivity index (χ0v) is 24.6. The maximum Gasteiger partial charge on any atom is 0.439 e. The van der Waals surface area contributed by atoms with E-state index in [9.17, 15) is 4.79 Å². The number of hydrogen-bond donors (Lipinski definition) is 1. The second-order valence-electron chi connectivity index (χ2n) is 11.8. The number of hydrogen-bond acceptors (Lipinski definition) is 9. The number of H-pyrrole nitrogens is 1. The maximum atomic E-state index is 11.8. The molecule has 41 heavy (non-hydrogen) atoms. The van der Waals surface area contributed by atoms with Crippen LogP contribution in [0, 0.1) is 11.8 Å². The van der Waals surface area contributed by atoms with Crippen molar-refractivity contribution in [2.75, 3.05) is 31.8 Å². The van der Waals surface area contributed by atoms with Gasteiger partial charge in [-0.2, -0.15) is 4.98 Å². The van der Waals surface area contributed by atoms with E-state index in [4.69, 9.17) is 40.5 Å². The molecule has 1 saturated heterocycles. The van der Waals surface area contributed by atoms with Crippen molar-refractivity contribution < 1.29 is 14.0 Å². The summed E-state index contributed by atoms with van der Waals surface area (Å²) >= 11 is 6.45. The first-order chi connectivity index (χ1) is 19.7. The van der Waals surface area contributed by atoms with Crippen LogP contribution in [0.3, 0.4) is 0 Å². The molecule has 0 radical (unpaired) electrons. The Bertz CT molecular complexity index is 1590. The van der Waals surface area contributed by atoms with Gasteiger partial charge < -0.3 is 18.9 Å². The molecule has 2 aliphatic rings. The first-order valence-electron chi connectivity index (χ1n) is 14.2. The Morgan fingerprint density at radius 1 is 1.17 bits per heavy atom. The number of morpholine rings is 1. The fourth-order valence-electron chi connectivity index (χ4n) is 6.01. The summed E-state index contributed by atoms with van der Waals surface area (Å²) < 4.78 is 18.9. The molecule has 2 fully saturated rings. The minimum Gasteiger partial charge on any atom is -0.377 e. The van der Waals surface area contributed by atoms with Gasteiger partial charge in [0.05, 0.1) is 24.9 Å². The quantitative estimate of drug-likeness (QED) is 0.323. The molecule has 218 valence electrons. The lowest BCUT2D eigenvalue weighted by Gasteiger charge is -2.44. The molecule has 4 aromatic rings. The van der Waals surface area contributed by atoms with Crippen LogP contribution in [0.25, 0.3) is 34.1 Å². The molecule has 0 bridgehead atoms. The third kappa shape index (κ3) is 5.50. The highest BCUT2D eigenvalue weighted by Crippen LogP contribution is 2.38. The van der Waals surface area contributed by atoms with E-state index in [1.165, 1.54) is 12.8 Å². The average Bonchev–Trinajstić information content (AvgIpc) is 3.57. The van der Waals surface area contributed by atoms with Crippen molar-refractivity contribution in [2.24, 2.45) is 11.8 Å². The van der Waals surface area contributed by atoms with Crippen LogP contribution in [0.15, 0.2) is 33.6 Å². The Morgan fingerprint density at radius 2 is 1.98 bits per heavy atom. The van der Waals surface area contributed by atoms with Crippen LogP contribution in [-0.2, 0) is 16.0 Å². The fourth-order valence-corrected chi connectivity index (χ4v) is 6.20. The molecule has 6 rings (SSSR count). The number of methoxy groups -OCH3 is 1. The van der Waals surface area contributed by atoms with Gasteiger partial charge in [-0.25, -0.2) is 14.8 Å². The third-order valence-corrected chi connectivity index (χ3v) is 8.86. The highest BCUT2D eigenvalue weighted by atomic mass is 35.5. The zero-order valence-electron chi connectivity index (χ0n) is 23.9. The smallest absolute Gasteiger partial charge is 0.377 e. The second kappa shape index (κ2) is 11.2. The fraction of sp³-hybridized carbons (Fsp3) is 0.552. The molecule has 11 nitrogen and oxygen atoms in total. The van der Waals surface area contributed by atoms with E-state index in [0.717, 1.165) is 42.3 Å². The number of rotatable bonds is 7. The summed E-state index contributed by atoms with van der Waals surface area (Å²) in [6.45, 7) is 9.03. The minimum absolute atomic E-state index is 0.0721. The van der Waals surface area contributed by atoms with Gasteiger partial charge in [-0.1, -0.05) is 48.7 Å². The van der Waals surface area contributed by atoms with Crippen LogP contribution in [-0.4, -0.2) is 68.2 Å². The van der Waals surface area contributed by atoms with Crippen LogP contribution in [0.5, 0.6) is 0 Å². The Kier molecular flexibility index (Phi) is 7.60. The molecule has 3 aromatic heterocycles. The van der Waals surface area contributed by atoms with E-state index in [2.05, 4.69) is 40.4 Å². The SMILES string of the molecule is COC(C)(C)[C@@H]1COCCN1c1nc2nc(-c3noc(=O)[nH]3)nc(-c3cccc(Cl)c3)c2n1CC1CCC(C)CC1. The van der Waals surface area contributed by atoms with Crippen LogP contribution in [0.4, 0.5) is 5.95 Å². The van der Waals surface area contributed by atoms with Gasteiger partial charge in [-0.15, -0.1) is 0 Å². The van der Waals surface area contributed by atoms with Crippen molar-refractivity contribution in [1.82, 2.24) is 29.7 Å². The van der Waals surface area contributed by atoms with E-state index in [1.807, 2.05) is 24.3 Å². The van der Waals surface area contributed by atoms with Crippen molar-refractivity contribution in [1.29, 1.82) is 0 Å². The Balaban J connectivity index is 1.59. The Morgan fingerprint density at radius 3 is 2.68 bits per heavy atom. The minimum atomic E-state index is -0.677. The molecule has 0 unspecified atom stereocenters. The van der Waals surface area contributed by atoms with E-state index >= 15 is 0 Å². The number of fused-ring (bicyclic) bond motifs is 1. The summed E-state index contributed by atoms with van der Waals surface area (Å²) in [4.78, 5) is 31.5. The number of imidazole rings is 1. The number of nitrogens with zero attached hydrogens (tertiary/aromatic N) is 6. The van der Waals surface area contributed by atoms with Gasteiger partial charge >= 0.3 is 5.76 Å². The first kappa shape index (κ1) is 27.9. The summed E-state index contributed by atoms with van der Waals surface area (Å²) in [5, 5.41) is 4.44. The lowest BCUT2D eigenvalue weighted by molar-refractivity contribution is -0.0430. The van der Waals surface area contributed by atoms with E-state index in [-0.39, 0.29) is 17.7 Å². The number of halogens is 1. The van der Waals surface area contributed by atoms with Crippen LogP contribution in [0.2, 0.25) is 5.02 Å². The molecular formula is C29H36ClN7O4. The van der Waals surface area contributed by atoms with E-state index in [0.29, 0.717) is 42.0 Å². The van der Waals surface area contributed by atoms with Crippen molar-refractivity contribution in [2.45, 2.75) is 64.6 Å². The number of aromatic amines is 1. The molecule has 1 aliphatic carbocycles. The molecule has 1 atom stereocenters. The van der Waals surface area contributed by atoms with Gasteiger partial charge in [0.15, 0.2) is 5.65 Å². The monoisotopic (exact) mass is 581 g/mol. The van der Waals surface area contributed by atoms with Gasteiger partial charge in [-0.05, 0) is 50.7 Å². The van der Waals surface area contributed by atoms with Gasteiger partial charge in [-0.3, -0.25) is 9.51 Å². The summed E-state index contributed by atoms with van der Waals surface area (Å²) in [6.07, 6.45) is 4.74. The van der Waals surface area contributed by atoms with Gasteiger partial charge in [0.25, 0.3) is 0 Å². The number of ether oxygens (including phenoxy) is 2. The van der Waals surface area contributed by atoms with Gasteiger partial charge in [0, 0.05) is 30.8 Å².